The van der Waals surface area contributed by atoms with E-state index in [1.807, 2.05) is 0 Å². The fourth-order valence-electron chi connectivity index (χ4n) is 3.98. The standard InChI is InChI=1S/C28H24Cl2N6O6S4/c29-17-9-5-15(6-10-17)23(39)33-31-19(37)3-1-13-35-25(41)21(45-27(35)43)22-26(42)36(28(44)46-22)14-2-4-20(38)32-34-24(40)16-7-11-18(30)12-8-16/h5-12H,1-4,13-14H2,(H,31,37)(H,32,38)(H,33,39)(H,34,40). The van der Waals surface area contributed by atoms with Gasteiger partial charge in [0.25, 0.3) is 23.6 Å². The lowest BCUT2D eigenvalue weighted by Crippen LogP contribution is -2.42. The van der Waals surface area contributed by atoms with E-state index in [9.17, 15) is 28.8 Å². The molecule has 0 bridgehead atoms. The second-order valence-corrected chi connectivity index (χ2v) is 13.7. The summed E-state index contributed by atoms with van der Waals surface area (Å²) < 4.78 is 0.470. The maximum absolute atomic E-state index is 13.2. The Hall–Kier alpha value is -3.54. The summed E-state index contributed by atoms with van der Waals surface area (Å²) in [7, 11) is 0. The molecule has 2 fully saturated rings. The first-order chi connectivity index (χ1) is 21.9. The van der Waals surface area contributed by atoms with Crippen LogP contribution in [0.3, 0.4) is 0 Å². The molecule has 240 valence electrons. The van der Waals surface area contributed by atoms with Crippen LogP contribution in [0.5, 0.6) is 0 Å². The van der Waals surface area contributed by atoms with Gasteiger partial charge in [-0.3, -0.25) is 60.3 Å². The average Bonchev–Trinajstić information content (AvgIpc) is 3.47. The van der Waals surface area contributed by atoms with Gasteiger partial charge in [-0.05, 0) is 61.4 Å². The van der Waals surface area contributed by atoms with Gasteiger partial charge in [0.2, 0.25) is 11.8 Å². The lowest BCUT2D eigenvalue weighted by atomic mass is 10.2. The van der Waals surface area contributed by atoms with Crippen molar-refractivity contribution in [2.24, 2.45) is 0 Å². The molecule has 0 unspecified atom stereocenters. The third-order valence-corrected chi connectivity index (χ3v) is 9.85. The smallest absolute Gasteiger partial charge is 0.269 e. The van der Waals surface area contributed by atoms with Crippen LogP contribution < -0.4 is 21.7 Å². The minimum Gasteiger partial charge on any atom is -0.293 e. The second kappa shape index (κ2) is 16.3. The third-order valence-electron chi connectivity index (χ3n) is 6.32. The molecule has 46 heavy (non-hydrogen) atoms. The summed E-state index contributed by atoms with van der Waals surface area (Å²) in [6, 6.07) is 12.3. The first-order valence-electron chi connectivity index (χ1n) is 13.5. The van der Waals surface area contributed by atoms with Crippen molar-refractivity contribution in [2.45, 2.75) is 25.7 Å². The number of nitrogens with zero attached hydrogens (tertiary/aromatic N) is 2. The van der Waals surface area contributed by atoms with Crippen molar-refractivity contribution in [3.8, 4) is 0 Å². The largest absolute Gasteiger partial charge is 0.293 e. The minimum atomic E-state index is -0.513. The number of benzene rings is 2. The molecule has 0 aliphatic carbocycles. The number of rotatable bonds is 10. The van der Waals surface area contributed by atoms with Crippen LogP contribution in [0.1, 0.15) is 46.4 Å². The zero-order valence-electron chi connectivity index (χ0n) is 23.6. The Morgan fingerprint density at radius 1 is 0.609 bits per heavy atom. The van der Waals surface area contributed by atoms with Crippen molar-refractivity contribution in [3.05, 3.63) is 79.5 Å². The van der Waals surface area contributed by atoms with Crippen LogP contribution in [0.25, 0.3) is 0 Å². The summed E-state index contributed by atoms with van der Waals surface area (Å²) in [4.78, 5) is 77.9. The number of hydrogen-bond donors (Lipinski definition) is 4. The van der Waals surface area contributed by atoms with Crippen molar-refractivity contribution in [2.75, 3.05) is 13.1 Å². The number of carbonyl (C=O) groups excluding carboxylic acids is 6. The lowest BCUT2D eigenvalue weighted by molar-refractivity contribution is -0.125. The zero-order valence-corrected chi connectivity index (χ0v) is 28.4. The molecular formula is C28H24Cl2N6O6S4. The molecule has 0 radical (unpaired) electrons. The average molecular weight is 740 g/mol. The number of hydrazine groups is 2. The number of halogens is 2. The van der Waals surface area contributed by atoms with Crippen LogP contribution in [0.15, 0.2) is 58.3 Å². The van der Waals surface area contributed by atoms with Gasteiger partial charge in [0.05, 0.1) is 9.81 Å². The molecule has 2 saturated heterocycles. The van der Waals surface area contributed by atoms with E-state index >= 15 is 0 Å². The van der Waals surface area contributed by atoms with E-state index in [0.717, 1.165) is 23.5 Å². The van der Waals surface area contributed by atoms with Crippen LogP contribution >= 0.6 is 71.2 Å². The maximum atomic E-state index is 13.2. The normalized spacial score (nSPS) is 16.1. The Labute approximate surface area is 292 Å². The van der Waals surface area contributed by atoms with Crippen LogP contribution in [0, 0.1) is 0 Å². The Bertz CT molecular complexity index is 1520. The van der Waals surface area contributed by atoms with Crippen molar-refractivity contribution >= 4 is 115 Å². The fraction of sp³-hybridized carbons (Fsp3) is 0.214. The van der Waals surface area contributed by atoms with Gasteiger partial charge in [0, 0.05) is 47.1 Å². The fourth-order valence-corrected chi connectivity index (χ4v) is 7.00. The third kappa shape index (κ3) is 9.27. The van der Waals surface area contributed by atoms with Gasteiger partial charge < -0.3 is 0 Å². The predicted octanol–water partition coefficient (Wildman–Crippen LogP) is 3.71. The predicted molar refractivity (Wildman–Crippen MR) is 183 cm³/mol. The van der Waals surface area contributed by atoms with E-state index in [-0.39, 0.29) is 57.2 Å². The summed E-state index contributed by atoms with van der Waals surface area (Å²) >= 11 is 24.3. The minimum absolute atomic E-state index is 0.00616. The van der Waals surface area contributed by atoms with Crippen LogP contribution in [0.4, 0.5) is 0 Å². The highest BCUT2D eigenvalue weighted by Gasteiger charge is 2.41. The molecule has 0 saturated carbocycles. The molecule has 12 nitrogen and oxygen atoms in total. The summed E-state index contributed by atoms with van der Waals surface area (Å²) in [5.41, 5.74) is 9.89. The van der Waals surface area contributed by atoms with E-state index in [4.69, 9.17) is 47.6 Å². The van der Waals surface area contributed by atoms with Crippen molar-refractivity contribution in [3.63, 3.8) is 0 Å². The number of thiocarbonyl (C=S) groups is 2. The Morgan fingerprint density at radius 2 is 0.957 bits per heavy atom. The molecule has 2 aliphatic heterocycles. The van der Waals surface area contributed by atoms with Gasteiger partial charge in [-0.25, -0.2) is 0 Å². The number of carbonyl (C=O) groups is 6. The van der Waals surface area contributed by atoms with Gasteiger partial charge in [0.15, 0.2) is 0 Å². The lowest BCUT2D eigenvalue weighted by Gasteiger charge is -2.15. The summed E-state index contributed by atoms with van der Waals surface area (Å²) in [6.07, 6.45) is 0.471. The van der Waals surface area contributed by atoms with Gasteiger partial charge in [-0.15, -0.1) is 0 Å². The topological polar surface area (TPSA) is 157 Å². The van der Waals surface area contributed by atoms with E-state index in [1.165, 1.54) is 34.1 Å². The van der Waals surface area contributed by atoms with Crippen molar-refractivity contribution < 1.29 is 28.8 Å². The van der Waals surface area contributed by atoms with Crippen LogP contribution in [-0.2, 0) is 19.2 Å². The summed E-state index contributed by atoms with van der Waals surface area (Å²) in [5.74, 6) is -2.90. The quantitative estimate of drug-likeness (QED) is 0.161. The molecule has 4 N–H and O–H groups in total. The molecule has 4 rings (SSSR count). The van der Waals surface area contributed by atoms with E-state index < -0.39 is 35.4 Å². The first-order valence-corrected chi connectivity index (χ1v) is 16.7. The molecule has 2 heterocycles. The van der Waals surface area contributed by atoms with Crippen molar-refractivity contribution in [1.82, 2.24) is 31.5 Å². The Kier molecular flexibility index (Phi) is 12.5. The van der Waals surface area contributed by atoms with E-state index in [0.29, 0.717) is 21.2 Å². The number of amides is 6. The molecule has 0 spiro atoms. The molecule has 18 heteroatoms. The highest BCUT2D eigenvalue weighted by molar-refractivity contribution is 8.29. The van der Waals surface area contributed by atoms with Gasteiger partial charge in [0.1, 0.15) is 8.64 Å². The van der Waals surface area contributed by atoms with Gasteiger partial charge in [-0.2, -0.15) is 0 Å². The molecule has 2 aromatic carbocycles. The molecule has 2 aromatic rings. The second-order valence-electron chi connectivity index (χ2n) is 9.53. The van der Waals surface area contributed by atoms with Gasteiger partial charge >= 0.3 is 0 Å². The summed E-state index contributed by atoms with van der Waals surface area (Å²) in [6.45, 7) is 0.243. The number of hydrogen-bond acceptors (Lipinski definition) is 10. The highest BCUT2D eigenvalue weighted by atomic mass is 35.5. The number of thioether (sulfide) groups is 2. The van der Waals surface area contributed by atoms with Gasteiger partial charge in [-0.1, -0.05) is 71.2 Å². The van der Waals surface area contributed by atoms with E-state index in [2.05, 4.69) is 21.7 Å². The Morgan fingerprint density at radius 3 is 1.30 bits per heavy atom. The first kappa shape index (κ1) is 35.3. The summed E-state index contributed by atoms with van der Waals surface area (Å²) in [5, 5.41) is 0.945. The van der Waals surface area contributed by atoms with E-state index in [1.54, 1.807) is 24.3 Å². The SMILES string of the molecule is O=C(CCCN1C(=O)C(=C2SC(=S)N(CCCC(=O)NNC(=O)c3ccc(Cl)cc3)C2=O)SC1=S)NNC(=O)c1ccc(Cl)cc1. The van der Waals surface area contributed by atoms with Crippen LogP contribution in [0.2, 0.25) is 10.0 Å². The van der Waals surface area contributed by atoms with Crippen molar-refractivity contribution in [1.29, 1.82) is 0 Å². The molecule has 0 atom stereocenters. The highest BCUT2D eigenvalue weighted by Crippen LogP contribution is 2.42. The number of nitrogens with one attached hydrogen (secondary N) is 4. The molecule has 6 amide bonds. The Balaban J connectivity index is 1.20. The molecule has 0 aromatic heterocycles. The molecule has 2 aliphatic rings. The monoisotopic (exact) mass is 738 g/mol. The maximum Gasteiger partial charge on any atom is 0.269 e. The van der Waals surface area contributed by atoms with Crippen LogP contribution in [-0.4, -0.2) is 67.0 Å². The zero-order chi connectivity index (χ0) is 33.4. The molecular weight excluding hydrogens is 716 g/mol.